The van der Waals surface area contributed by atoms with E-state index in [2.05, 4.69) is 41.4 Å². The van der Waals surface area contributed by atoms with Crippen LogP contribution in [0.2, 0.25) is 0 Å². The van der Waals surface area contributed by atoms with Crippen molar-refractivity contribution >= 4 is 24.8 Å². The Morgan fingerprint density at radius 1 is 1.03 bits per heavy atom. The molecule has 1 amide bonds. The second-order valence-electron chi connectivity index (χ2n) is 8.57. The first-order valence-corrected chi connectivity index (χ1v) is 13.9. The van der Waals surface area contributed by atoms with Crippen molar-refractivity contribution in [3.05, 3.63) is 65.2 Å². The molecule has 168 valence electrons. The Bertz CT molecular complexity index is 894. The standard InChI is InChI=1S/C25H34NO4P/c1-4-22(31(16-9-6-10-17-31)18-20-13-7-5-8-14-20)24(27)26-23-19(2)12-11-15-21(23)25(28)30-29-3/h5,7-8,11-15,22,31H,4,6,9-10,16-18H2,1-3H3,(H,26,27). The van der Waals surface area contributed by atoms with E-state index in [0.717, 1.165) is 18.1 Å². The molecule has 5 nitrogen and oxygen atoms in total. The van der Waals surface area contributed by atoms with E-state index >= 15 is 0 Å². The van der Waals surface area contributed by atoms with Gasteiger partial charge in [-0.25, -0.2) is 0 Å². The Hall–Kier alpha value is -2.23. The number of hydrogen-bond donors (Lipinski definition) is 1. The van der Waals surface area contributed by atoms with Crippen LogP contribution in [-0.2, 0) is 20.7 Å². The molecule has 0 spiro atoms. The number of carbonyl (C=O) groups excluding carboxylic acids is 2. The van der Waals surface area contributed by atoms with E-state index in [-0.39, 0.29) is 11.6 Å². The van der Waals surface area contributed by atoms with Gasteiger partial charge in [-0.1, -0.05) is 0 Å². The number of rotatable bonds is 8. The minimum atomic E-state index is -1.90. The number of anilines is 1. The van der Waals surface area contributed by atoms with E-state index in [1.165, 1.54) is 44.3 Å². The number of benzene rings is 2. The Labute approximate surface area is 185 Å². The maximum atomic E-state index is 13.7. The van der Waals surface area contributed by atoms with Gasteiger partial charge in [0.25, 0.3) is 0 Å². The van der Waals surface area contributed by atoms with E-state index in [0.29, 0.717) is 11.3 Å². The zero-order chi connectivity index (χ0) is 22.3. The molecule has 0 aromatic heterocycles. The van der Waals surface area contributed by atoms with Crippen molar-refractivity contribution in [2.45, 2.75) is 51.4 Å². The van der Waals surface area contributed by atoms with Gasteiger partial charge in [-0.3, -0.25) is 0 Å². The van der Waals surface area contributed by atoms with Crippen molar-refractivity contribution in [3.63, 3.8) is 0 Å². The molecule has 1 N–H and O–H groups in total. The summed E-state index contributed by atoms with van der Waals surface area (Å²) in [6, 6.07) is 15.9. The first-order valence-electron chi connectivity index (χ1n) is 11.2. The zero-order valence-electron chi connectivity index (χ0n) is 18.8. The molecule has 1 heterocycles. The molecule has 0 bridgehead atoms. The van der Waals surface area contributed by atoms with E-state index in [1.54, 1.807) is 12.1 Å². The van der Waals surface area contributed by atoms with Crippen LogP contribution in [0.25, 0.3) is 0 Å². The average molecular weight is 444 g/mol. The Morgan fingerprint density at radius 3 is 2.39 bits per heavy atom. The van der Waals surface area contributed by atoms with Gasteiger partial charge in [0.15, 0.2) is 0 Å². The summed E-state index contributed by atoms with van der Waals surface area (Å²) in [6.07, 6.45) is 7.88. The first-order chi connectivity index (χ1) is 15.0. The van der Waals surface area contributed by atoms with Crippen LogP contribution < -0.4 is 5.32 Å². The molecule has 0 aliphatic carbocycles. The molecule has 1 unspecified atom stereocenters. The van der Waals surface area contributed by atoms with Crippen molar-refractivity contribution in [1.82, 2.24) is 0 Å². The SMILES string of the molecule is CCC(C(=O)Nc1c(C)cccc1C(=O)OOC)[PH]1(Cc2ccccc2)CCCCC1. The molecule has 1 atom stereocenters. The zero-order valence-corrected chi connectivity index (χ0v) is 19.8. The Morgan fingerprint density at radius 2 is 1.74 bits per heavy atom. The fourth-order valence-corrected chi connectivity index (χ4v) is 11.1. The average Bonchev–Trinajstić information content (AvgIpc) is 2.77. The molecule has 0 radical (unpaired) electrons. The molecule has 0 saturated carbocycles. The minimum absolute atomic E-state index is 0.00101. The number of carbonyl (C=O) groups is 2. The van der Waals surface area contributed by atoms with Crippen molar-refractivity contribution in [1.29, 1.82) is 0 Å². The molecule has 1 saturated heterocycles. The van der Waals surface area contributed by atoms with Gasteiger partial charge in [0.2, 0.25) is 0 Å². The summed E-state index contributed by atoms with van der Waals surface area (Å²) in [5.74, 6) is -0.573. The van der Waals surface area contributed by atoms with E-state index in [9.17, 15) is 9.59 Å². The Kier molecular flexibility index (Phi) is 8.22. The van der Waals surface area contributed by atoms with Crippen molar-refractivity contribution in [2.75, 3.05) is 24.8 Å². The third-order valence-corrected chi connectivity index (χ3v) is 12.6. The molecule has 1 aliphatic rings. The number of amides is 1. The third-order valence-electron chi connectivity index (χ3n) is 6.61. The summed E-state index contributed by atoms with van der Waals surface area (Å²) in [7, 11) is -0.607. The molecule has 3 rings (SSSR count). The van der Waals surface area contributed by atoms with Gasteiger partial charge in [0.05, 0.1) is 0 Å². The van der Waals surface area contributed by atoms with Gasteiger partial charge in [0, 0.05) is 0 Å². The monoisotopic (exact) mass is 443 g/mol. The van der Waals surface area contributed by atoms with Crippen molar-refractivity contribution < 1.29 is 19.4 Å². The number of hydrogen-bond acceptors (Lipinski definition) is 4. The third kappa shape index (κ3) is 5.53. The fraction of sp³-hybridized carbons (Fsp3) is 0.440. The summed E-state index contributed by atoms with van der Waals surface area (Å²) < 4.78 is 0. The topological polar surface area (TPSA) is 64.6 Å². The van der Waals surface area contributed by atoms with Gasteiger partial charge in [0.1, 0.15) is 0 Å². The van der Waals surface area contributed by atoms with Gasteiger partial charge in [-0.15, -0.1) is 0 Å². The summed E-state index contributed by atoms with van der Waals surface area (Å²) in [5.41, 5.74) is 3.00. The normalized spacial score (nSPS) is 17.4. The van der Waals surface area contributed by atoms with Crippen LogP contribution in [0.15, 0.2) is 48.5 Å². The van der Waals surface area contributed by atoms with Crippen molar-refractivity contribution in [3.8, 4) is 0 Å². The Balaban J connectivity index is 1.90. The van der Waals surface area contributed by atoms with Gasteiger partial charge in [-0.2, -0.15) is 0 Å². The van der Waals surface area contributed by atoms with Crippen molar-refractivity contribution in [2.24, 2.45) is 0 Å². The van der Waals surface area contributed by atoms with E-state index < -0.39 is 13.2 Å². The van der Waals surface area contributed by atoms with Crippen LogP contribution in [0.3, 0.4) is 0 Å². The van der Waals surface area contributed by atoms with Crippen LogP contribution in [0.4, 0.5) is 5.69 Å². The molecular formula is C25H34NO4P. The predicted octanol–water partition coefficient (Wildman–Crippen LogP) is 5.56. The van der Waals surface area contributed by atoms with E-state index in [4.69, 9.17) is 4.89 Å². The molecule has 6 heteroatoms. The number of para-hydroxylation sites is 1. The molecule has 31 heavy (non-hydrogen) atoms. The van der Waals surface area contributed by atoms with Gasteiger partial charge < -0.3 is 0 Å². The summed E-state index contributed by atoms with van der Waals surface area (Å²) >= 11 is 0. The second-order valence-corrected chi connectivity index (χ2v) is 13.3. The predicted molar refractivity (Wildman–Crippen MR) is 128 cm³/mol. The van der Waals surface area contributed by atoms with Crippen LogP contribution in [0, 0.1) is 6.92 Å². The first kappa shape index (κ1) is 23.4. The van der Waals surface area contributed by atoms with Crippen LogP contribution >= 0.6 is 7.26 Å². The quantitative estimate of drug-likeness (QED) is 0.329. The van der Waals surface area contributed by atoms with Crippen LogP contribution in [0.1, 0.15) is 54.1 Å². The van der Waals surface area contributed by atoms with Gasteiger partial charge >= 0.3 is 186 Å². The van der Waals surface area contributed by atoms with E-state index in [1.807, 2.05) is 19.1 Å². The molecular weight excluding hydrogens is 409 g/mol. The number of aryl methyl sites for hydroxylation is 1. The summed E-state index contributed by atoms with van der Waals surface area (Å²) in [4.78, 5) is 35.3. The fourth-order valence-electron chi connectivity index (χ4n) is 5.14. The summed E-state index contributed by atoms with van der Waals surface area (Å²) in [5, 5.41) is 3.12. The van der Waals surface area contributed by atoms with Crippen LogP contribution in [-0.4, -0.2) is 37.0 Å². The second kappa shape index (κ2) is 10.9. The maximum absolute atomic E-state index is 13.7. The molecule has 1 aliphatic heterocycles. The molecule has 2 aromatic carbocycles. The number of nitrogens with one attached hydrogen (secondary N) is 1. The molecule has 2 aromatic rings. The van der Waals surface area contributed by atoms with Gasteiger partial charge in [-0.05, 0) is 0 Å². The molecule has 1 fully saturated rings. The van der Waals surface area contributed by atoms with Crippen LogP contribution in [0.5, 0.6) is 0 Å². The summed E-state index contributed by atoms with van der Waals surface area (Å²) in [6.45, 7) is 4.01.